The number of aryl methyl sites for hydroxylation is 2. The summed E-state index contributed by atoms with van der Waals surface area (Å²) in [5, 5.41) is 2.12. The molecule has 34 heavy (non-hydrogen) atoms. The van der Waals surface area contributed by atoms with Gasteiger partial charge in [0.15, 0.2) is 0 Å². The molecule has 5 heteroatoms. The van der Waals surface area contributed by atoms with Crippen LogP contribution < -0.4 is 0 Å². The number of thiophene rings is 1. The van der Waals surface area contributed by atoms with Crippen LogP contribution in [0.25, 0.3) is 0 Å². The standard InChI is InChI=1S/C29H34N2O2S/c1-5-22-8-12-24(13-9-22)29(33)30(18-20(2)3)19-27(32)31-16-14-26-25(15-17-34-26)28(31)23-10-6-21(4)7-11-23/h6-13,15,17,20,28H,5,14,16,18-19H2,1-4H3. The van der Waals surface area contributed by atoms with Gasteiger partial charge in [-0.25, -0.2) is 0 Å². The molecule has 0 bridgehead atoms. The van der Waals surface area contributed by atoms with Crippen molar-refractivity contribution < 1.29 is 9.59 Å². The molecule has 1 aliphatic rings. The van der Waals surface area contributed by atoms with Gasteiger partial charge >= 0.3 is 0 Å². The molecule has 2 aromatic carbocycles. The third kappa shape index (κ3) is 5.25. The summed E-state index contributed by atoms with van der Waals surface area (Å²) in [6.07, 6.45) is 1.79. The van der Waals surface area contributed by atoms with E-state index in [1.807, 2.05) is 29.2 Å². The Morgan fingerprint density at radius 2 is 1.76 bits per heavy atom. The van der Waals surface area contributed by atoms with E-state index in [0.29, 0.717) is 18.7 Å². The maximum atomic E-state index is 13.7. The van der Waals surface area contributed by atoms with Gasteiger partial charge in [-0.1, -0.05) is 62.7 Å². The number of rotatable bonds is 7. The molecule has 3 aromatic rings. The largest absolute Gasteiger partial charge is 0.330 e. The molecule has 4 nitrogen and oxygen atoms in total. The fourth-order valence-corrected chi connectivity index (χ4v) is 5.58. The number of amides is 2. The van der Waals surface area contributed by atoms with Crippen LogP contribution in [0, 0.1) is 12.8 Å². The van der Waals surface area contributed by atoms with Crippen molar-refractivity contribution in [3.8, 4) is 0 Å². The lowest BCUT2D eigenvalue weighted by atomic mass is 9.92. The van der Waals surface area contributed by atoms with Crippen molar-refractivity contribution in [2.45, 2.75) is 46.6 Å². The minimum absolute atomic E-state index is 0.00148. The first-order chi connectivity index (χ1) is 16.4. The van der Waals surface area contributed by atoms with Crippen LogP contribution in [0.5, 0.6) is 0 Å². The van der Waals surface area contributed by atoms with E-state index in [0.717, 1.165) is 18.4 Å². The summed E-state index contributed by atoms with van der Waals surface area (Å²) in [4.78, 5) is 32.2. The fraction of sp³-hybridized carbons (Fsp3) is 0.379. The van der Waals surface area contributed by atoms with Gasteiger partial charge in [0.1, 0.15) is 6.54 Å². The van der Waals surface area contributed by atoms with E-state index in [9.17, 15) is 9.59 Å². The summed E-state index contributed by atoms with van der Waals surface area (Å²) in [6.45, 7) is 9.65. The van der Waals surface area contributed by atoms with Crippen LogP contribution in [-0.4, -0.2) is 41.2 Å². The van der Waals surface area contributed by atoms with Crippen LogP contribution in [0.4, 0.5) is 0 Å². The first-order valence-electron chi connectivity index (χ1n) is 12.2. The fourth-order valence-electron chi connectivity index (χ4n) is 4.67. The van der Waals surface area contributed by atoms with Gasteiger partial charge in [-0.2, -0.15) is 0 Å². The Labute approximate surface area is 207 Å². The van der Waals surface area contributed by atoms with Crippen LogP contribution in [0.2, 0.25) is 0 Å². The molecule has 178 valence electrons. The van der Waals surface area contributed by atoms with Crippen molar-refractivity contribution in [1.29, 1.82) is 0 Å². The second kappa shape index (κ2) is 10.6. The van der Waals surface area contributed by atoms with Crippen molar-refractivity contribution in [2.75, 3.05) is 19.6 Å². The molecule has 4 rings (SSSR count). The Hall–Kier alpha value is -2.92. The van der Waals surface area contributed by atoms with Crippen LogP contribution in [-0.2, 0) is 17.6 Å². The minimum Gasteiger partial charge on any atom is -0.330 e. The summed E-state index contributed by atoms with van der Waals surface area (Å²) in [5.41, 5.74) is 5.37. The second-order valence-corrected chi connectivity index (χ2v) is 10.6. The molecule has 0 saturated carbocycles. The van der Waals surface area contributed by atoms with E-state index in [2.05, 4.69) is 63.4 Å². The summed E-state index contributed by atoms with van der Waals surface area (Å²) >= 11 is 1.77. The number of hydrogen-bond acceptors (Lipinski definition) is 3. The zero-order chi connectivity index (χ0) is 24.2. The topological polar surface area (TPSA) is 40.6 Å². The molecule has 2 amide bonds. The third-order valence-corrected chi connectivity index (χ3v) is 7.48. The maximum absolute atomic E-state index is 13.7. The lowest BCUT2D eigenvalue weighted by Gasteiger charge is -2.38. The van der Waals surface area contributed by atoms with E-state index >= 15 is 0 Å². The highest BCUT2D eigenvalue weighted by Crippen LogP contribution is 2.38. The molecule has 0 spiro atoms. The average molecular weight is 475 g/mol. The van der Waals surface area contributed by atoms with Crippen molar-refractivity contribution in [3.05, 3.63) is 92.7 Å². The Kier molecular flexibility index (Phi) is 7.52. The lowest BCUT2D eigenvalue weighted by molar-refractivity contribution is -0.134. The highest BCUT2D eigenvalue weighted by molar-refractivity contribution is 7.10. The van der Waals surface area contributed by atoms with Crippen molar-refractivity contribution >= 4 is 23.2 Å². The highest BCUT2D eigenvalue weighted by Gasteiger charge is 2.34. The molecule has 1 atom stereocenters. The van der Waals surface area contributed by atoms with Crippen LogP contribution in [0.1, 0.15) is 64.3 Å². The molecule has 0 fully saturated rings. The predicted molar refractivity (Wildman–Crippen MR) is 139 cm³/mol. The number of nitrogens with zero attached hydrogens (tertiary/aromatic N) is 2. The minimum atomic E-state index is -0.108. The van der Waals surface area contributed by atoms with Crippen LogP contribution >= 0.6 is 11.3 Å². The molecule has 2 heterocycles. The van der Waals surface area contributed by atoms with E-state index in [1.165, 1.54) is 21.6 Å². The Morgan fingerprint density at radius 3 is 2.41 bits per heavy atom. The molecule has 1 aromatic heterocycles. The number of carbonyl (C=O) groups is 2. The third-order valence-electron chi connectivity index (χ3n) is 6.49. The van der Waals surface area contributed by atoms with E-state index in [1.54, 1.807) is 16.2 Å². The molecule has 0 saturated heterocycles. The van der Waals surface area contributed by atoms with E-state index in [-0.39, 0.29) is 30.3 Å². The normalized spacial score (nSPS) is 15.3. The summed E-state index contributed by atoms with van der Waals surface area (Å²) in [6, 6.07) is 18.3. The molecule has 0 radical (unpaired) electrons. The molecular formula is C29H34N2O2S. The first-order valence-corrected chi connectivity index (χ1v) is 13.1. The molecule has 0 aliphatic carbocycles. The quantitative estimate of drug-likeness (QED) is 0.428. The van der Waals surface area contributed by atoms with Gasteiger partial charge in [0, 0.05) is 23.5 Å². The number of carbonyl (C=O) groups excluding carboxylic acids is 2. The van der Waals surface area contributed by atoms with Crippen molar-refractivity contribution in [1.82, 2.24) is 9.80 Å². The van der Waals surface area contributed by atoms with Gasteiger partial charge in [0.25, 0.3) is 5.91 Å². The Morgan fingerprint density at radius 1 is 1.06 bits per heavy atom. The molecule has 1 aliphatic heterocycles. The summed E-state index contributed by atoms with van der Waals surface area (Å²) in [7, 11) is 0. The predicted octanol–water partition coefficient (Wildman–Crippen LogP) is 5.89. The Balaban J connectivity index is 1.60. The number of benzene rings is 2. The SMILES string of the molecule is CCc1ccc(C(=O)N(CC(=O)N2CCc3sccc3C2c2ccc(C)cc2)CC(C)C)cc1. The second-order valence-electron chi connectivity index (χ2n) is 9.58. The number of fused-ring (bicyclic) bond motifs is 1. The molecule has 0 N–H and O–H groups in total. The summed E-state index contributed by atoms with van der Waals surface area (Å²) < 4.78 is 0. The zero-order valence-corrected chi connectivity index (χ0v) is 21.4. The smallest absolute Gasteiger partial charge is 0.254 e. The van der Waals surface area contributed by atoms with Crippen molar-refractivity contribution in [2.24, 2.45) is 5.92 Å². The highest BCUT2D eigenvalue weighted by atomic mass is 32.1. The molecular weight excluding hydrogens is 440 g/mol. The van der Waals surface area contributed by atoms with Gasteiger partial charge in [0.05, 0.1) is 6.04 Å². The van der Waals surface area contributed by atoms with E-state index in [4.69, 9.17) is 0 Å². The first kappa shape index (κ1) is 24.2. The van der Waals surface area contributed by atoms with Crippen LogP contribution in [0.3, 0.4) is 0 Å². The maximum Gasteiger partial charge on any atom is 0.254 e. The average Bonchev–Trinajstić information content (AvgIpc) is 3.32. The van der Waals surface area contributed by atoms with Gasteiger partial charge in [0.2, 0.25) is 5.91 Å². The van der Waals surface area contributed by atoms with E-state index < -0.39 is 0 Å². The number of hydrogen-bond donors (Lipinski definition) is 0. The van der Waals surface area contributed by atoms with Crippen molar-refractivity contribution in [3.63, 3.8) is 0 Å². The van der Waals surface area contributed by atoms with Gasteiger partial charge in [-0.05, 0) is 66.0 Å². The lowest BCUT2D eigenvalue weighted by Crippen LogP contribution is -2.47. The van der Waals surface area contributed by atoms with Gasteiger partial charge in [-0.3, -0.25) is 9.59 Å². The van der Waals surface area contributed by atoms with Gasteiger partial charge in [-0.15, -0.1) is 11.3 Å². The summed E-state index contributed by atoms with van der Waals surface area (Å²) in [5.74, 6) is 0.191. The van der Waals surface area contributed by atoms with Crippen LogP contribution in [0.15, 0.2) is 60.0 Å². The molecule has 1 unspecified atom stereocenters. The zero-order valence-electron chi connectivity index (χ0n) is 20.6. The van der Waals surface area contributed by atoms with Gasteiger partial charge < -0.3 is 9.80 Å². The monoisotopic (exact) mass is 474 g/mol. The Bertz CT molecular complexity index is 1130.